The Kier molecular flexibility index (Phi) is 2.58. The second-order valence-electron chi connectivity index (χ2n) is 5.32. The number of hydrogen-bond donors (Lipinski definition) is 2. The van der Waals surface area contributed by atoms with Gasteiger partial charge in [-0.05, 0) is 34.7 Å². The second-order valence-corrected chi connectivity index (χ2v) is 6.75. The van der Waals surface area contributed by atoms with Crippen molar-refractivity contribution in [3.63, 3.8) is 0 Å². The summed E-state index contributed by atoms with van der Waals surface area (Å²) in [6.07, 6.45) is 0.439. The van der Waals surface area contributed by atoms with Crippen LogP contribution in [0.3, 0.4) is 0 Å². The van der Waals surface area contributed by atoms with Gasteiger partial charge in [0.25, 0.3) is 15.7 Å². The number of nitrogens with one attached hydrogen (secondary N) is 1. The standard InChI is InChI=1S/C16H11NO4S/c18-16-13-4-2-1-3-12(13)15-11-6-5-10(22(19,20)21)7-9(11)8-14(15)17-16/h1-7H,8H2,(H,17,18)(H,19,20,21). The van der Waals surface area contributed by atoms with Crippen molar-refractivity contribution in [3.05, 3.63) is 64.1 Å². The fourth-order valence-electron chi connectivity index (χ4n) is 3.08. The third kappa shape index (κ3) is 1.81. The van der Waals surface area contributed by atoms with E-state index < -0.39 is 10.1 Å². The number of benzene rings is 2. The van der Waals surface area contributed by atoms with Crippen molar-refractivity contribution in [1.82, 2.24) is 4.98 Å². The van der Waals surface area contributed by atoms with E-state index in [4.69, 9.17) is 4.55 Å². The minimum atomic E-state index is -4.23. The van der Waals surface area contributed by atoms with E-state index >= 15 is 0 Å². The third-order valence-corrected chi connectivity index (χ3v) is 4.87. The Morgan fingerprint density at radius 3 is 2.50 bits per heavy atom. The van der Waals surface area contributed by atoms with Crippen LogP contribution in [0.4, 0.5) is 0 Å². The lowest BCUT2D eigenvalue weighted by Gasteiger charge is -2.06. The highest BCUT2D eigenvalue weighted by Crippen LogP contribution is 2.39. The predicted molar refractivity (Wildman–Crippen MR) is 82.6 cm³/mol. The smallest absolute Gasteiger partial charge is 0.294 e. The van der Waals surface area contributed by atoms with Gasteiger partial charge in [-0.3, -0.25) is 9.35 Å². The van der Waals surface area contributed by atoms with Gasteiger partial charge in [0.15, 0.2) is 0 Å². The zero-order valence-electron chi connectivity index (χ0n) is 11.3. The molecule has 0 radical (unpaired) electrons. The minimum absolute atomic E-state index is 0.134. The first-order valence-electron chi connectivity index (χ1n) is 6.70. The Hall–Kier alpha value is -2.44. The first-order chi connectivity index (χ1) is 10.4. The van der Waals surface area contributed by atoms with Crippen molar-refractivity contribution in [3.8, 4) is 11.1 Å². The summed E-state index contributed by atoms with van der Waals surface area (Å²) in [5.74, 6) is 0. The average Bonchev–Trinajstić information content (AvgIpc) is 2.83. The highest BCUT2D eigenvalue weighted by atomic mass is 32.2. The van der Waals surface area contributed by atoms with Gasteiger partial charge in [-0.15, -0.1) is 0 Å². The van der Waals surface area contributed by atoms with Gasteiger partial charge >= 0.3 is 0 Å². The van der Waals surface area contributed by atoms with E-state index in [0.717, 1.165) is 27.8 Å². The predicted octanol–water partition coefficient (Wildman–Crippen LogP) is 2.35. The number of aromatic nitrogens is 1. The fraction of sp³-hybridized carbons (Fsp3) is 0.0625. The highest BCUT2D eigenvalue weighted by molar-refractivity contribution is 7.85. The summed E-state index contributed by atoms with van der Waals surface area (Å²) >= 11 is 0. The van der Waals surface area contributed by atoms with Crippen LogP contribution < -0.4 is 5.56 Å². The molecule has 0 atom stereocenters. The Morgan fingerprint density at radius 2 is 1.77 bits per heavy atom. The van der Waals surface area contributed by atoms with E-state index in [9.17, 15) is 13.2 Å². The van der Waals surface area contributed by atoms with Crippen molar-refractivity contribution in [1.29, 1.82) is 0 Å². The van der Waals surface area contributed by atoms with Crippen LogP contribution in [0, 0.1) is 0 Å². The van der Waals surface area contributed by atoms with E-state index in [1.165, 1.54) is 12.1 Å². The lowest BCUT2D eigenvalue weighted by atomic mass is 10.0. The van der Waals surface area contributed by atoms with Gasteiger partial charge in [0.05, 0.1) is 4.90 Å². The molecule has 0 bridgehead atoms. The summed E-state index contributed by atoms with van der Waals surface area (Å²) in [5, 5.41) is 1.45. The lowest BCUT2D eigenvalue weighted by Crippen LogP contribution is -2.09. The summed E-state index contributed by atoms with van der Waals surface area (Å²) in [7, 11) is -4.23. The van der Waals surface area contributed by atoms with E-state index in [0.29, 0.717) is 11.8 Å². The lowest BCUT2D eigenvalue weighted by molar-refractivity contribution is 0.483. The first kappa shape index (κ1) is 13.2. The van der Waals surface area contributed by atoms with Crippen LogP contribution in [-0.2, 0) is 16.5 Å². The van der Waals surface area contributed by atoms with Crippen molar-refractivity contribution in [2.75, 3.05) is 0 Å². The molecule has 1 heterocycles. The molecule has 0 unspecified atom stereocenters. The molecule has 6 heteroatoms. The number of H-pyrrole nitrogens is 1. The molecule has 0 amide bonds. The van der Waals surface area contributed by atoms with Gasteiger partial charge in [-0.2, -0.15) is 8.42 Å². The van der Waals surface area contributed by atoms with Crippen molar-refractivity contribution < 1.29 is 13.0 Å². The normalized spacial score (nSPS) is 13.1. The van der Waals surface area contributed by atoms with E-state index in [2.05, 4.69) is 4.98 Å². The third-order valence-electron chi connectivity index (χ3n) is 4.02. The minimum Gasteiger partial charge on any atom is -0.325 e. The second kappa shape index (κ2) is 4.28. The molecule has 3 aromatic rings. The van der Waals surface area contributed by atoms with Crippen LogP contribution >= 0.6 is 0 Å². The van der Waals surface area contributed by atoms with Crippen LogP contribution in [0.25, 0.3) is 21.9 Å². The Labute approximate surface area is 126 Å². The van der Waals surface area contributed by atoms with Gasteiger partial charge < -0.3 is 4.98 Å². The Bertz CT molecular complexity index is 1100. The molecule has 0 fully saturated rings. The van der Waals surface area contributed by atoms with Crippen molar-refractivity contribution >= 4 is 20.9 Å². The maximum atomic E-state index is 12.1. The average molecular weight is 313 g/mol. The molecule has 1 aliphatic carbocycles. The fourth-order valence-corrected chi connectivity index (χ4v) is 3.61. The topological polar surface area (TPSA) is 87.2 Å². The number of rotatable bonds is 1. The van der Waals surface area contributed by atoms with Crippen LogP contribution in [0.5, 0.6) is 0 Å². The summed E-state index contributed by atoms with van der Waals surface area (Å²) < 4.78 is 31.7. The van der Waals surface area contributed by atoms with Crippen LogP contribution in [0.1, 0.15) is 11.3 Å². The van der Waals surface area contributed by atoms with Gasteiger partial charge in [0.1, 0.15) is 0 Å². The molecule has 0 spiro atoms. The summed E-state index contributed by atoms with van der Waals surface area (Å²) in [6.45, 7) is 0. The molecule has 2 aromatic carbocycles. The zero-order valence-corrected chi connectivity index (χ0v) is 12.1. The molecule has 110 valence electrons. The van der Waals surface area contributed by atoms with Gasteiger partial charge in [0.2, 0.25) is 0 Å². The first-order valence-corrected chi connectivity index (χ1v) is 8.14. The Balaban J connectivity index is 2.06. The van der Waals surface area contributed by atoms with E-state index in [1.54, 1.807) is 18.2 Å². The van der Waals surface area contributed by atoms with E-state index in [-0.39, 0.29) is 10.5 Å². The monoisotopic (exact) mass is 313 g/mol. The Morgan fingerprint density at radius 1 is 1.05 bits per heavy atom. The molecule has 4 rings (SSSR count). The van der Waals surface area contributed by atoms with Crippen LogP contribution in [-0.4, -0.2) is 18.0 Å². The zero-order chi connectivity index (χ0) is 15.5. The summed E-state index contributed by atoms with van der Waals surface area (Å²) in [6, 6.07) is 11.8. The molecule has 0 saturated carbocycles. The maximum absolute atomic E-state index is 12.1. The molecule has 1 aliphatic rings. The number of fused-ring (bicyclic) bond motifs is 5. The highest BCUT2D eigenvalue weighted by Gasteiger charge is 2.24. The molecular weight excluding hydrogens is 302 g/mol. The van der Waals surface area contributed by atoms with Crippen LogP contribution in [0.15, 0.2) is 52.2 Å². The SMILES string of the molecule is O=c1[nH]c2c(c3ccccc13)-c1ccc(S(=O)(=O)O)cc1C2. The molecule has 0 saturated heterocycles. The number of hydrogen-bond acceptors (Lipinski definition) is 3. The summed E-state index contributed by atoms with van der Waals surface area (Å²) in [4.78, 5) is 14.9. The van der Waals surface area contributed by atoms with Crippen molar-refractivity contribution in [2.45, 2.75) is 11.3 Å². The molecule has 0 aliphatic heterocycles. The van der Waals surface area contributed by atoms with Crippen LogP contribution in [0.2, 0.25) is 0 Å². The molecular formula is C16H11NO4S. The molecule has 1 aromatic heterocycles. The number of pyridine rings is 1. The van der Waals surface area contributed by atoms with E-state index in [1.807, 2.05) is 12.1 Å². The number of aromatic amines is 1. The van der Waals surface area contributed by atoms with Gasteiger partial charge in [-0.25, -0.2) is 0 Å². The summed E-state index contributed by atoms with van der Waals surface area (Å²) in [5.41, 5.74) is 3.20. The van der Waals surface area contributed by atoms with Crippen molar-refractivity contribution in [2.24, 2.45) is 0 Å². The largest absolute Gasteiger partial charge is 0.325 e. The van der Waals surface area contributed by atoms with Gasteiger partial charge in [0, 0.05) is 23.1 Å². The molecule has 22 heavy (non-hydrogen) atoms. The molecule has 5 nitrogen and oxygen atoms in total. The quantitative estimate of drug-likeness (QED) is 0.528. The molecule has 2 N–H and O–H groups in total. The maximum Gasteiger partial charge on any atom is 0.294 e. The van der Waals surface area contributed by atoms with Gasteiger partial charge in [-0.1, -0.05) is 24.3 Å².